The van der Waals surface area contributed by atoms with Crippen molar-refractivity contribution in [1.29, 1.82) is 0 Å². The van der Waals surface area contributed by atoms with Crippen LogP contribution in [0.25, 0.3) is 22.3 Å². The fraction of sp³-hybridized carbons (Fsp3) is 0. The third kappa shape index (κ3) is 5.05. The Morgan fingerprint density at radius 2 is 0.697 bits per heavy atom. The van der Waals surface area contributed by atoms with Gasteiger partial charge in [-0.05, 0) is 70.8 Å². The summed E-state index contributed by atoms with van der Waals surface area (Å²) in [6.45, 7) is 0. The van der Waals surface area contributed by atoms with Crippen LogP contribution in [0.5, 0.6) is 0 Å². The van der Waals surface area contributed by atoms with Crippen LogP contribution >= 0.6 is 0 Å². The van der Waals surface area contributed by atoms with Crippen molar-refractivity contribution in [2.45, 2.75) is 0 Å². The number of hydrazine groups is 1. The molecule has 5 rings (SSSR count). The molecule has 0 aliphatic carbocycles. The molecule has 0 amide bonds. The maximum Gasteiger partial charge on any atom is 0.0541 e. The van der Waals surface area contributed by atoms with E-state index in [9.17, 15) is 0 Å². The molecule has 3 nitrogen and oxygen atoms in total. The molecule has 0 atom stereocenters. The molecular formula is C30H25N3. The van der Waals surface area contributed by atoms with Gasteiger partial charge in [0.25, 0.3) is 0 Å². The molecule has 0 aliphatic heterocycles. The van der Waals surface area contributed by atoms with Gasteiger partial charge in [0.2, 0.25) is 0 Å². The molecular weight excluding hydrogens is 402 g/mol. The smallest absolute Gasteiger partial charge is 0.0541 e. The molecule has 33 heavy (non-hydrogen) atoms. The topological polar surface area (TPSA) is 36.1 Å². The second kappa shape index (κ2) is 9.75. The lowest BCUT2D eigenvalue weighted by Crippen LogP contribution is -2.08. The molecule has 0 spiro atoms. The highest BCUT2D eigenvalue weighted by Crippen LogP contribution is 2.32. The van der Waals surface area contributed by atoms with E-state index in [1.165, 1.54) is 22.3 Å². The van der Waals surface area contributed by atoms with Gasteiger partial charge in [0.05, 0.1) is 11.4 Å². The Morgan fingerprint density at radius 3 is 1.27 bits per heavy atom. The first kappa shape index (κ1) is 20.4. The average Bonchev–Trinajstić information content (AvgIpc) is 2.90. The lowest BCUT2D eigenvalue weighted by molar-refractivity contribution is 1.41. The summed E-state index contributed by atoms with van der Waals surface area (Å²) in [4.78, 5) is 0. The van der Waals surface area contributed by atoms with Crippen LogP contribution in [0, 0.1) is 0 Å². The Balaban J connectivity index is 1.24. The number of hydrogen-bond acceptors (Lipinski definition) is 3. The molecule has 3 heteroatoms. The Bertz CT molecular complexity index is 1300. The Kier molecular flexibility index (Phi) is 6.03. The third-order valence-electron chi connectivity index (χ3n) is 5.51. The van der Waals surface area contributed by atoms with Gasteiger partial charge in [-0.3, -0.25) is 0 Å². The van der Waals surface area contributed by atoms with Crippen molar-refractivity contribution in [2.75, 3.05) is 16.2 Å². The summed E-state index contributed by atoms with van der Waals surface area (Å²) in [6, 6.07) is 45.9. The van der Waals surface area contributed by atoms with Crippen molar-refractivity contribution < 1.29 is 0 Å². The zero-order valence-electron chi connectivity index (χ0n) is 18.2. The summed E-state index contributed by atoms with van der Waals surface area (Å²) in [6.07, 6.45) is 0. The minimum atomic E-state index is 0.993. The van der Waals surface area contributed by atoms with Crippen molar-refractivity contribution in [3.63, 3.8) is 0 Å². The molecule has 0 fully saturated rings. The standard InChI is InChI=1S/C30H25N3/c1-3-9-23(10-4-1)29-13-7-8-14-30(29)24-15-17-27(18-16-24)32-33-28-21-19-26(20-22-28)31-25-11-5-2-6-12-25/h1-22,31-33H. The SMILES string of the molecule is c1ccc(Nc2ccc(NNc3ccc(-c4ccccc4-c4ccccc4)cc3)cc2)cc1. The molecule has 0 bridgehead atoms. The molecule has 3 N–H and O–H groups in total. The van der Waals surface area contributed by atoms with Gasteiger partial charge in [-0.15, -0.1) is 0 Å². The van der Waals surface area contributed by atoms with Crippen LogP contribution in [-0.2, 0) is 0 Å². The predicted octanol–water partition coefficient (Wildman–Crippen LogP) is 8.20. The number of benzene rings is 5. The second-order valence-electron chi connectivity index (χ2n) is 7.81. The minimum Gasteiger partial charge on any atom is -0.356 e. The number of rotatable bonds is 7. The first-order valence-corrected chi connectivity index (χ1v) is 11.0. The molecule has 5 aromatic carbocycles. The molecule has 0 aromatic heterocycles. The van der Waals surface area contributed by atoms with E-state index in [0.29, 0.717) is 0 Å². The van der Waals surface area contributed by atoms with E-state index in [4.69, 9.17) is 0 Å². The molecule has 0 heterocycles. The summed E-state index contributed by atoms with van der Waals surface area (Å²) in [5, 5.41) is 3.39. The van der Waals surface area contributed by atoms with Crippen molar-refractivity contribution in [2.24, 2.45) is 0 Å². The average molecular weight is 428 g/mol. The normalized spacial score (nSPS) is 10.4. The van der Waals surface area contributed by atoms with Gasteiger partial charge in [-0.25, -0.2) is 0 Å². The maximum absolute atomic E-state index is 3.39. The Labute approximate surface area is 194 Å². The monoisotopic (exact) mass is 427 g/mol. The fourth-order valence-corrected chi connectivity index (χ4v) is 3.81. The van der Waals surface area contributed by atoms with Gasteiger partial charge in [0.1, 0.15) is 0 Å². The molecule has 160 valence electrons. The van der Waals surface area contributed by atoms with Gasteiger partial charge in [0.15, 0.2) is 0 Å². The van der Waals surface area contributed by atoms with Gasteiger partial charge in [-0.1, -0.05) is 84.9 Å². The van der Waals surface area contributed by atoms with Crippen LogP contribution in [0.3, 0.4) is 0 Å². The number of nitrogens with one attached hydrogen (secondary N) is 3. The van der Waals surface area contributed by atoms with Crippen LogP contribution in [0.2, 0.25) is 0 Å². The van der Waals surface area contributed by atoms with Crippen LogP contribution < -0.4 is 16.2 Å². The minimum absolute atomic E-state index is 0.993. The van der Waals surface area contributed by atoms with Crippen LogP contribution in [0.1, 0.15) is 0 Å². The fourth-order valence-electron chi connectivity index (χ4n) is 3.81. The first-order chi connectivity index (χ1) is 16.3. The Hall–Kier alpha value is -4.50. The van der Waals surface area contributed by atoms with E-state index in [0.717, 1.165) is 22.7 Å². The van der Waals surface area contributed by atoms with Gasteiger partial charge >= 0.3 is 0 Å². The van der Waals surface area contributed by atoms with Gasteiger partial charge in [-0.2, -0.15) is 0 Å². The summed E-state index contributed by atoms with van der Waals surface area (Å²) in [5.41, 5.74) is 15.6. The van der Waals surface area contributed by atoms with E-state index < -0.39 is 0 Å². The quantitative estimate of drug-likeness (QED) is 0.229. The molecule has 0 saturated carbocycles. The van der Waals surface area contributed by atoms with E-state index >= 15 is 0 Å². The predicted molar refractivity (Wildman–Crippen MR) is 141 cm³/mol. The summed E-state index contributed by atoms with van der Waals surface area (Å²) < 4.78 is 0. The summed E-state index contributed by atoms with van der Waals surface area (Å²) in [5.74, 6) is 0. The molecule has 0 saturated heterocycles. The highest BCUT2D eigenvalue weighted by atomic mass is 15.4. The number of anilines is 4. The van der Waals surface area contributed by atoms with Crippen molar-refractivity contribution in [1.82, 2.24) is 0 Å². The van der Waals surface area contributed by atoms with E-state index in [2.05, 4.69) is 113 Å². The largest absolute Gasteiger partial charge is 0.356 e. The third-order valence-corrected chi connectivity index (χ3v) is 5.51. The summed E-state index contributed by atoms with van der Waals surface area (Å²) in [7, 11) is 0. The zero-order chi connectivity index (χ0) is 22.3. The lowest BCUT2D eigenvalue weighted by Gasteiger charge is -2.13. The van der Waals surface area contributed by atoms with E-state index in [-0.39, 0.29) is 0 Å². The second-order valence-corrected chi connectivity index (χ2v) is 7.81. The first-order valence-electron chi connectivity index (χ1n) is 11.0. The van der Waals surface area contributed by atoms with Crippen molar-refractivity contribution >= 4 is 22.7 Å². The lowest BCUT2D eigenvalue weighted by atomic mass is 9.94. The Morgan fingerprint density at radius 1 is 0.303 bits per heavy atom. The molecule has 0 radical (unpaired) electrons. The molecule has 0 aliphatic rings. The van der Waals surface area contributed by atoms with Crippen LogP contribution in [-0.4, -0.2) is 0 Å². The molecule has 0 unspecified atom stereocenters. The van der Waals surface area contributed by atoms with Gasteiger partial charge < -0.3 is 16.2 Å². The number of para-hydroxylation sites is 1. The number of hydrogen-bond donors (Lipinski definition) is 3. The highest BCUT2D eigenvalue weighted by molar-refractivity contribution is 5.83. The van der Waals surface area contributed by atoms with Crippen molar-refractivity contribution in [3.8, 4) is 22.3 Å². The van der Waals surface area contributed by atoms with Crippen LogP contribution in [0.4, 0.5) is 22.7 Å². The van der Waals surface area contributed by atoms with Crippen molar-refractivity contribution in [3.05, 3.63) is 133 Å². The highest BCUT2D eigenvalue weighted by Gasteiger charge is 2.06. The maximum atomic E-state index is 3.39. The molecule has 5 aromatic rings. The zero-order valence-corrected chi connectivity index (χ0v) is 18.2. The summed E-state index contributed by atoms with van der Waals surface area (Å²) >= 11 is 0. The van der Waals surface area contributed by atoms with Crippen LogP contribution in [0.15, 0.2) is 133 Å². The van der Waals surface area contributed by atoms with E-state index in [1.54, 1.807) is 0 Å². The van der Waals surface area contributed by atoms with E-state index in [1.807, 2.05) is 36.4 Å². The van der Waals surface area contributed by atoms with Gasteiger partial charge in [0, 0.05) is 11.4 Å².